The summed E-state index contributed by atoms with van der Waals surface area (Å²) < 4.78 is 7.30. The van der Waals surface area contributed by atoms with Crippen molar-refractivity contribution < 1.29 is 9.53 Å². The summed E-state index contributed by atoms with van der Waals surface area (Å²) >= 11 is 0. The first-order valence-electron chi connectivity index (χ1n) is 11.4. The number of carbonyl (C=O) groups excluding carboxylic acids is 1. The third-order valence-electron chi connectivity index (χ3n) is 6.35. The highest BCUT2D eigenvalue weighted by molar-refractivity contribution is 5.97. The number of nitrogens with zero attached hydrogens (tertiary/aromatic N) is 3. The van der Waals surface area contributed by atoms with Gasteiger partial charge >= 0.3 is 0 Å². The molecular weight excluding hydrogens is 414 g/mol. The Hall–Kier alpha value is -3.32. The number of aryl methyl sites for hydroxylation is 2. The molecule has 2 aromatic carbocycles. The molecule has 0 spiro atoms. The molecule has 2 unspecified atom stereocenters. The van der Waals surface area contributed by atoms with Crippen LogP contribution in [0.25, 0.3) is 11.1 Å². The Morgan fingerprint density at radius 2 is 2.06 bits per heavy atom. The minimum absolute atomic E-state index is 0.0737. The lowest BCUT2D eigenvalue weighted by Gasteiger charge is -2.36. The van der Waals surface area contributed by atoms with E-state index in [1.54, 1.807) is 11.8 Å². The Bertz CT molecular complexity index is 1140. The number of hydrogen-bond acceptors (Lipinski definition) is 5. The fourth-order valence-corrected chi connectivity index (χ4v) is 4.34. The fraction of sp³-hybridized carbons (Fsp3) is 0.385. The number of rotatable bonds is 6. The van der Waals surface area contributed by atoms with Gasteiger partial charge in [0.15, 0.2) is 0 Å². The molecule has 7 nitrogen and oxygen atoms in total. The van der Waals surface area contributed by atoms with Crippen LogP contribution in [0, 0.1) is 6.92 Å². The van der Waals surface area contributed by atoms with E-state index in [-0.39, 0.29) is 11.9 Å². The van der Waals surface area contributed by atoms with E-state index in [2.05, 4.69) is 39.7 Å². The largest absolute Gasteiger partial charge is 0.497 e. The Labute approximate surface area is 195 Å². The first-order chi connectivity index (χ1) is 15.9. The van der Waals surface area contributed by atoms with Gasteiger partial charge in [-0.3, -0.25) is 9.48 Å². The van der Waals surface area contributed by atoms with Gasteiger partial charge in [-0.1, -0.05) is 6.07 Å². The summed E-state index contributed by atoms with van der Waals surface area (Å²) in [6.07, 6.45) is 3.79. The first-order valence-corrected chi connectivity index (χ1v) is 11.4. The zero-order valence-corrected chi connectivity index (χ0v) is 20.1. The summed E-state index contributed by atoms with van der Waals surface area (Å²) in [5.41, 5.74) is 5.75. The third kappa shape index (κ3) is 5.03. The zero-order chi connectivity index (χ0) is 23.5. The molecule has 7 heteroatoms. The van der Waals surface area contributed by atoms with Gasteiger partial charge in [0.1, 0.15) is 5.75 Å². The van der Waals surface area contributed by atoms with Crippen LogP contribution in [0.5, 0.6) is 5.75 Å². The average molecular weight is 448 g/mol. The fourth-order valence-electron chi connectivity index (χ4n) is 4.34. The molecule has 0 bridgehead atoms. The van der Waals surface area contributed by atoms with E-state index < -0.39 is 0 Å². The van der Waals surface area contributed by atoms with Crippen molar-refractivity contribution in [2.45, 2.75) is 32.9 Å². The number of carbonyl (C=O) groups is 1. The van der Waals surface area contributed by atoms with Crippen molar-refractivity contribution in [1.82, 2.24) is 20.4 Å². The van der Waals surface area contributed by atoms with Crippen molar-refractivity contribution in [2.75, 3.05) is 31.6 Å². The number of benzene rings is 2. The second kappa shape index (κ2) is 9.67. The number of hydrogen-bond donors (Lipinski definition) is 2. The number of piperazine rings is 1. The summed E-state index contributed by atoms with van der Waals surface area (Å²) in [5, 5.41) is 10.9. The van der Waals surface area contributed by atoms with Gasteiger partial charge in [-0.05, 0) is 67.8 Å². The van der Waals surface area contributed by atoms with Crippen LogP contribution in [0.4, 0.5) is 5.69 Å². The van der Waals surface area contributed by atoms with Crippen LogP contribution in [0.2, 0.25) is 0 Å². The van der Waals surface area contributed by atoms with Gasteiger partial charge in [-0.2, -0.15) is 5.10 Å². The SMILES string of the molecule is COc1cc(-c2cnn(C)c2)cc(C(C)NC(=O)c2cc(N3CCNCC3C)ccc2C)c1. The van der Waals surface area contributed by atoms with Crippen molar-refractivity contribution in [3.63, 3.8) is 0 Å². The van der Waals surface area contributed by atoms with Gasteiger partial charge in [0.2, 0.25) is 0 Å². The van der Waals surface area contributed by atoms with Gasteiger partial charge < -0.3 is 20.3 Å². The van der Waals surface area contributed by atoms with Crippen LogP contribution < -0.4 is 20.3 Å². The third-order valence-corrected chi connectivity index (χ3v) is 6.35. The second-order valence-corrected chi connectivity index (χ2v) is 8.84. The molecule has 0 aliphatic carbocycles. The highest BCUT2D eigenvalue weighted by Crippen LogP contribution is 2.29. The number of ether oxygens (including phenoxy) is 1. The predicted octanol–water partition coefficient (Wildman–Crippen LogP) is 3.69. The highest BCUT2D eigenvalue weighted by Gasteiger charge is 2.21. The molecule has 1 aromatic heterocycles. The molecule has 1 amide bonds. The van der Waals surface area contributed by atoms with Gasteiger partial charge in [0, 0.05) is 55.7 Å². The molecule has 1 aliphatic heterocycles. The minimum atomic E-state index is -0.191. The standard InChI is InChI=1S/C26H33N5O2/c1-17-6-7-23(31-9-8-27-14-18(31)2)13-25(17)26(32)29-19(3)20-10-21(12-24(11-20)33-5)22-15-28-30(4)16-22/h6-7,10-13,15-16,18-19,27H,8-9,14H2,1-5H3,(H,29,32). The molecule has 4 rings (SSSR count). The lowest BCUT2D eigenvalue weighted by Crippen LogP contribution is -2.50. The topological polar surface area (TPSA) is 71.4 Å². The van der Waals surface area contributed by atoms with Gasteiger partial charge in [-0.25, -0.2) is 0 Å². The van der Waals surface area contributed by atoms with E-state index in [4.69, 9.17) is 4.74 Å². The van der Waals surface area contributed by atoms with E-state index in [1.807, 2.05) is 57.6 Å². The summed E-state index contributed by atoms with van der Waals surface area (Å²) in [7, 11) is 3.55. The normalized spacial score (nSPS) is 17.0. The number of anilines is 1. The van der Waals surface area contributed by atoms with Gasteiger partial charge in [0.05, 0.1) is 19.3 Å². The molecule has 1 fully saturated rings. The molecule has 33 heavy (non-hydrogen) atoms. The van der Waals surface area contributed by atoms with Crippen molar-refractivity contribution in [2.24, 2.45) is 7.05 Å². The Morgan fingerprint density at radius 1 is 1.24 bits per heavy atom. The maximum atomic E-state index is 13.3. The number of amides is 1. The smallest absolute Gasteiger partial charge is 0.252 e. The summed E-state index contributed by atoms with van der Waals surface area (Å²) in [4.78, 5) is 15.7. The predicted molar refractivity (Wildman–Crippen MR) is 132 cm³/mol. The van der Waals surface area contributed by atoms with Crippen LogP contribution in [0.1, 0.15) is 41.4 Å². The molecular formula is C26H33N5O2. The Balaban J connectivity index is 1.57. The van der Waals surface area contributed by atoms with Crippen LogP contribution >= 0.6 is 0 Å². The Kier molecular flexibility index (Phi) is 6.70. The van der Waals surface area contributed by atoms with Gasteiger partial charge in [-0.15, -0.1) is 0 Å². The molecule has 2 N–H and O–H groups in total. The van der Waals surface area contributed by atoms with E-state index in [1.165, 1.54) is 0 Å². The molecule has 1 saturated heterocycles. The van der Waals surface area contributed by atoms with Crippen LogP contribution in [0.3, 0.4) is 0 Å². The van der Waals surface area contributed by atoms with Gasteiger partial charge in [0.25, 0.3) is 5.91 Å². The maximum absolute atomic E-state index is 13.3. The van der Waals surface area contributed by atoms with Crippen molar-refractivity contribution in [3.8, 4) is 16.9 Å². The minimum Gasteiger partial charge on any atom is -0.497 e. The van der Waals surface area contributed by atoms with Crippen LogP contribution in [-0.4, -0.2) is 48.5 Å². The van der Waals surface area contributed by atoms with Crippen LogP contribution in [-0.2, 0) is 7.05 Å². The molecule has 0 saturated carbocycles. The van der Waals surface area contributed by atoms with E-state index in [0.717, 1.165) is 53.3 Å². The van der Waals surface area contributed by atoms with Crippen molar-refractivity contribution in [3.05, 3.63) is 65.5 Å². The zero-order valence-electron chi connectivity index (χ0n) is 20.1. The molecule has 1 aliphatic rings. The van der Waals surface area contributed by atoms with Crippen molar-refractivity contribution in [1.29, 1.82) is 0 Å². The molecule has 174 valence electrons. The van der Waals surface area contributed by atoms with Crippen molar-refractivity contribution >= 4 is 11.6 Å². The Morgan fingerprint density at radius 3 is 2.76 bits per heavy atom. The summed E-state index contributed by atoms with van der Waals surface area (Å²) in [6, 6.07) is 12.4. The second-order valence-electron chi connectivity index (χ2n) is 8.84. The summed E-state index contributed by atoms with van der Waals surface area (Å²) in [5.74, 6) is 0.675. The molecule has 3 aromatic rings. The lowest BCUT2D eigenvalue weighted by atomic mass is 10.0. The lowest BCUT2D eigenvalue weighted by molar-refractivity contribution is 0.0939. The molecule has 2 atom stereocenters. The highest BCUT2D eigenvalue weighted by atomic mass is 16.5. The first kappa shape index (κ1) is 22.9. The number of nitrogens with one attached hydrogen (secondary N) is 2. The number of methoxy groups -OCH3 is 1. The summed E-state index contributed by atoms with van der Waals surface area (Å²) in [6.45, 7) is 9.01. The molecule has 0 radical (unpaired) electrons. The van der Waals surface area contributed by atoms with E-state index >= 15 is 0 Å². The van der Waals surface area contributed by atoms with E-state index in [0.29, 0.717) is 11.6 Å². The molecule has 2 heterocycles. The van der Waals surface area contributed by atoms with E-state index in [9.17, 15) is 4.79 Å². The monoisotopic (exact) mass is 447 g/mol. The average Bonchev–Trinajstić information content (AvgIpc) is 3.25. The number of aromatic nitrogens is 2. The van der Waals surface area contributed by atoms with Crippen LogP contribution in [0.15, 0.2) is 48.8 Å². The maximum Gasteiger partial charge on any atom is 0.252 e. The quantitative estimate of drug-likeness (QED) is 0.603.